The predicted molar refractivity (Wildman–Crippen MR) is 578 cm³/mol. The van der Waals surface area contributed by atoms with Crippen molar-refractivity contribution in [2.75, 3.05) is 0 Å². The summed E-state index contributed by atoms with van der Waals surface area (Å²) in [6.45, 7) is 14.9. The van der Waals surface area contributed by atoms with Gasteiger partial charge in [0.25, 0.3) is 0 Å². The molecule has 0 saturated carbocycles. The van der Waals surface area contributed by atoms with Crippen LogP contribution in [0, 0.1) is 0 Å². The number of hydrogen-bond donors (Lipinski definition) is 0. The molecule has 0 amide bonds. The molecule has 0 fully saturated rings. The fourth-order valence-corrected chi connectivity index (χ4v) is 24.6. The molecule has 644 valence electrons. The van der Waals surface area contributed by atoms with Crippen LogP contribution in [0.4, 0.5) is 0 Å². The van der Waals surface area contributed by atoms with E-state index in [4.69, 9.17) is 15.0 Å². The van der Waals surface area contributed by atoms with Gasteiger partial charge in [0, 0.05) is 48.6 Å². The van der Waals surface area contributed by atoms with Gasteiger partial charge in [-0.15, -0.1) is 0 Å². The van der Waals surface area contributed by atoms with Crippen molar-refractivity contribution >= 4 is 144 Å². The average molecular weight is 1790 g/mol. The molecular formula is C127H88N6S3. The Morgan fingerprint density at radius 1 is 0.235 bits per heavy atom. The normalized spacial score (nSPS) is 12.3. The number of hydrogen-bond acceptors (Lipinski definition) is 6. The molecule has 3 aliphatic heterocycles. The molecule has 0 radical (unpaired) electrons. The zero-order valence-corrected chi connectivity index (χ0v) is 77.7. The Morgan fingerprint density at radius 2 is 0.544 bits per heavy atom. The van der Waals surface area contributed by atoms with E-state index in [2.05, 4.69) is 460 Å². The average Bonchev–Trinajstić information content (AvgIpc) is 0.806. The largest absolute Gasteiger partial charge is 0.294 e. The van der Waals surface area contributed by atoms with Crippen molar-refractivity contribution in [2.45, 2.75) is 64.5 Å². The second kappa shape index (κ2) is 34.0. The van der Waals surface area contributed by atoms with Crippen LogP contribution in [0.15, 0.2) is 450 Å². The van der Waals surface area contributed by atoms with E-state index in [1.54, 1.807) is 11.8 Å². The molecule has 0 unspecified atom stereocenters. The summed E-state index contributed by atoms with van der Waals surface area (Å²) in [4.78, 5) is 22.2. The molecule has 6 nitrogen and oxygen atoms in total. The Morgan fingerprint density at radius 3 is 1.03 bits per heavy atom. The topological polar surface area (TPSA) is 53.5 Å². The first kappa shape index (κ1) is 82.1. The summed E-state index contributed by atoms with van der Waals surface area (Å²) in [5, 5.41) is 19.6. The molecule has 6 heterocycles. The minimum absolute atomic E-state index is 0.806. The molecular weight excluding hydrogens is 1710 g/mol. The fourth-order valence-electron chi connectivity index (χ4n) is 21.5. The third-order valence-corrected chi connectivity index (χ3v) is 30.9. The van der Waals surface area contributed by atoms with E-state index in [0.717, 1.165) is 69.1 Å². The summed E-state index contributed by atoms with van der Waals surface area (Å²) < 4.78 is 7.06. The standard InChI is InChI=1S/C45H30N2S.C41H28N2S.C41H30N2S/c1-2-42-46-38-17-10-18-41-45(38)47(42)39-27-33(22-24-40(39)48-41)44-35-16-9-8-15-34(35)43(32-20-19-29-13-6-7-14-30(29)25-32)36-23-21-31(26-37(36)44)28-11-4-3-5-12-28;1-2-38-42-34-17-10-18-37-41(34)43(38)35-25-29(23-24-36(35)44-37)26-19-21-28(22-20-26)40-32-15-8-6-13-30(32)39(27-11-4-3-5-12-27)31-14-7-9-16-33(31)40;1-4-36-41-26(3)42-38(5-2)43(41)35-25-29(22-23-37(35)44-36)28-16-13-17-30(24-28)40-33-20-11-9-18-31(33)39(27-14-7-6-8-15-27)32-19-10-12-21-34(32)40/h3-27H,2H2,1H3;3-25H,2H2,1H3;4,6-25H,1,3,5H2,2H3. The highest BCUT2D eigenvalue weighted by Gasteiger charge is 2.30. The van der Waals surface area contributed by atoms with Crippen LogP contribution in [-0.4, -0.2) is 28.7 Å². The van der Waals surface area contributed by atoms with Crippen molar-refractivity contribution in [1.82, 2.24) is 28.7 Å². The first-order chi connectivity index (χ1) is 67.2. The van der Waals surface area contributed by atoms with Gasteiger partial charge < -0.3 is 0 Å². The van der Waals surface area contributed by atoms with Crippen molar-refractivity contribution in [1.29, 1.82) is 0 Å². The maximum atomic E-state index is 5.07. The molecule has 0 aliphatic carbocycles. The smallest absolute Gasteiger partial charge is 0.114 e. The first-order valence-electron chi connectivity index (χ1n) is 46.8. The summed E-state index contributed by atoms with van der Waals surface area (Å²) in [5.74, 6) is 3.23. The van der Waals surface area contributed by atoms with E-state index in [0.29, 0.717) is 0 Å². The highest BCUT2D eigenvalue weighted by atomic mass is 32.2. The lowest BCUT2D eigenvalue weighted by atomic mass is 9.84. The summed E-state index contributed by atoms with van der Waals surface area (Å²) in [6.07, 6.45) is 4.51. The van der Waals surface area contributed by atoms with E-state index in [1.165, 1.54) is 222 Å². The molecule has 0 N–H and O–H groups in total. The lowest BCUT2D eigenvalue weighted by Gasteiger charge is -2.23. The number of thioether (sulfide) groups is 1. The molecule has 0 bridgehead atoms. The van der Waals surface area contributed by atoms with Crippen LogP contribution in [-0.2, 0) is 19.3 Å². The van der Waals surface area contributed by atoms with Crippen LogP contribution < -0.4 is 10.7 Å². The summed E-state index contributed by atoms with van der Waals surface area (Å²) >= 11 is 5.43. The second-order valence-corrected chi connectivity index (χ2v) is 38.4. The molecule has 3 aromatic heterocycles. The van der Waals surface area contributed by atoms with E-state index in [-0.39, 0.29) is 0 Å². The number of aryl methyl sites for hydroxylation is 3. The highest BCUT2D eigenvalue weighted by Crippen LogP contribution is 2.53. The number of imidazole rings is 3. The molecule has 136 heavy (non-hydrogen) atoms. The predicted octanol–water partition coefficient (Wildman–Crippen LogP) is 33.4. The Balaban J connectivity index is 0.000000109. The first-order valence-corrected chi connectivity index (χ1v) is 49.3. The maximum absolute atomic E-state index is 5.07. The summed E-state index contributed by atoms with van der Waals surface area (Å²) in [7, 11) is 0. The van der Waals surface area contributed by atoms with Gasteiger partial charge in [-0.2, -0.15) is 0 Å². The van der Waals surface area contributed by atoms with E-state index in [9.17, 15) is 0 Å². The quantitative estimate of drug-likeness (QED) is 0.107. The van der Waals surface area contributed by atoms with Crippen LogP contribution in [0.3, 0.4) is 0 Å². The Bertz CT molecular complexity index is 9070. The lowest BCUT2D eigenvalue weighted by molar-refractivity contribution is 0.861. The second-order valence-electron chi connectivity index (χ2n) is 35.2. The van der Waals surface area contributed by atoms with E-state index >= 15 is 0 Å². The van der Waals surface area contributed by atoms with Gasteiger partial charge in [0.05, 0.1) is 49.8 Å². The number of aromatic nitrogens is 6. The van der Waals surface area contributed by atoms with Crippen molar-refractivity contribution in [2.24, 2.45) is 0 Å². The molecule has 0 spiro atoms. The molecule has 0 saturated heterocycles. The van der Waals surface area contributed by atoms with Gasteiger partial charge in [-0.3, -0.25) is 13.7 Å². The van der Waals surface area contributed by atoms with Crippen LogP contribution in [0.25, 0.3) is 226 Å². The summed E-state index contributed by atoms with van der Waals surface area (Å²) in [5.41, 5.74) is 30.5. The highest BCUT2D eigenvalue weighted by molar-refractivity contribution is 8.08. The van der Waals surface area contributed by atoms with Gasteiger partial charge >= 0.3 is 0 Å². The van der Waals surface area contributed by atoms with Crippen LogP contribution in [0.1, 0.15) is 38.2 Å². The zero-order chi connectivity index (χ0) is 90.8. The third-order valence-electron chi connectivity index (χ3n) is 27.5. The van der Waals surface area contributed by atoms with E-state index in [1.807, 2.05) is 29.6 Å². The van der Waals surface area contributed by atoms with E-state index < -0.39 is 0 Å². The molecule has 24 aromatic rings. The number of rotatable bonds is 13. The van der Waals surface area contributed by atoms with Gasteiger partial charge in [0.2, 0.25) is 0 Å². The monoisotopic (exact) mass is 1790 g/mol. The fraction of sp³-hybridized carbons (Fsp3) is 0.0472. The minimum atomic E-state index is 0.806. The van der Waals surface area contributed by atoms with Gasteiger partial charge in [0.15, 0.2) is 0 Å². The molecule has 27 rings (SSSR count). The van der Waals surface area contributed by atoms with Gasteiger partial charge in [-0.1, -0.05) is 409 Å². The SMILES string of the molecule is C=CC1=c2c(=C)nc(CC)n2-c2cc(-c3cccc(-c4c5ccccc5c(-c5ccccc5)c5ccccc45)c3)ccc2S1.CCc1nc2cccc3c2n1-c1cc(-c2c4ccccc4c(-c4ccc5ccccc5c4)c4ccc(-c5ccccc5)cc24)ccc1S3.CCc1nc2cccc3c2n1-c1cc(-c2ccc(-c4c5ccccc5c(-c5ccccc5)c5ccccc45)cc2)ccc1S3. The summed E-state index contributed by atoms with van der Waals surface area (Å²) in [6, 6.07) is 151. The van der Waals surface area contributed by atoms with Crippen molar-refractivity contribution < 1.29 is 0 Å². The molecule has 9 heteroatoms. The van der Waals surface area contributed by atoms with Crippen LogP contribution >= 0.6 is 35.3 Å². The number of nitrogens with zero attached hydrogens (tertiary/aromatic N) is 6. The third kappa shape index (κ3) is 13.8. The Kier molecular flexibility index (Phi) is 20.5. The van der Waals surface area contributed by atoms with Crippen molar-refractivity contribution in [3.8, 4) is 117 Å². The van der Waals surface area contributed by atoms with Crippen LogP contribution in [0.5, 0.6) is 0 Å². The zero-order valence-electron chi connectivity index (χ0n) is 75.3. The number of benzene rings is 21. The molecule has 21 aromatic carbocycles. The number of para-hydroxylation sites is 2. The molecule has 3 aliphatic rings. The lowest BCUT2D eigenvalue weighted by Crippen LogP contribution is -2.32. The molecule has 0 atom stereocenters. The van der Waals surface area contributed by atoms with Crippen molar-refractivity contribution in [3.05, 3.63) is 453 Å². The number of fused-ring (bicyclic) bond motifs is 14. The van der Waals surface area contributed by atoms with Crippen molar-refractivity contribution in [3.63, 3.8) is 0 Å². The van der Waals surface area contributed by atoms with Gasteiger partial charge in [0.1, 0.15) is 17.5 Å². The maximum Gasteiger partial charge on any atom is 0.114 e. The van der Waals surface area contributed by atoms with Crippen LogP contribution in [0.2, 0.25) is 0 Å². The van der Waals surface area contributed by atoms with Gasteiger partial charge in [-0.05, 0) is 254 Å². The minimum Gasteiger partial charge on any atom is -0.294 e. The van der Waals surface area contributed by atoms with Gasteiger partial charge in [-0.25, -0.2) is 15.0 Å². The Hall–Kier alpha value is -15.9. The Labute approximate surface area is 801 Å².